The predicted octanol–water partition coefficient (Wildman–Crippen LogP) is 8.99. The SMILES string of the molecule is C=CC1=NC(=C)C2C(CCc3ccc4c(oc5ncccc54)c31)c1ccccc1-c1cc(CC3CCCC3)c([Si](C)(C)C)c[n+]12. The van der Waals surface area contributed by atoms with Crippen LogP contribution in [0, 0.1) is 5.92 Å². The number of aromatic nitrogens is 2. The Morgan fingerprint density at radius 3 is 2.62 bits per heavy atom. The highest BCUT2D eigenvalue weighted by Gasteiger charge is 2.44. The van der Waals surface area contributed by atoms with Crippen molar-refractivity contribution in [3.63, 3.8) is 0 Å². The lowest BCUT2D eigenvalue weighted by molar-refractivity contribution is -0.708. The largest absolute Gasteiger partial charge is 0.437 e. The molecule has 1 fully saturated rings. The van der Waals surface area contributed by atoms with Gasteiger partial charge in [-0.15, -0.1) is 0 Å². The molecular formula is C40H42N3OSi+. The third-order valence-corrected chi connectivity index (χ3v) is 12.7. The Morgan fingerprint density at radius 1 is 1.00 bits per heavy atom. The molecule has 226 valence electrons. The van der Waals surface area contributed by atoms with E-state index in [0.717, 1.165) is 52.1 Å². The van der Waals surface area contributed by atoms with Crippen molar-refractivity contribution in [2.75, 3.05) is 0 Å². The van der Waals surface area contributed by atoms with Gasteiger partial charge >= 0.3 is 0 Å². The smallest absolute Gasteiger partial charge is 0.227 e. The van der Waals surface area contributed by atoms with E-state index in [4.69, 9.17) is 16.0 Å². The molecule has 2 unspecified atom stereocenters. The van der Waals surface area contributed by atoms with Gasteiger partial charge in [0.05, 0.1) is 19.7 Å². The van der Waals surface area contributed by atoms with Crippen molar-refractivity contribution in [1.29, 1.82) is 0 Å². The van der Waals surface area contributed by atoms with E-state index in [1.54, 1.807) is 16.9 Å². The van der Waals surface area contributed by atoms with E-state index in [-0.39, 0.29) is 12.0 Å². The van der Waals surface area contributed by atoms with Gasteiger partial charge in [0.1, 0.15) is 11.3 Å². The Balaban J connectivity index is 1.34. The summed E-state index contributed by atoms with van der Waals surface area (Å²) in [5, 5.41) is 3.67. The fourth-order valence-corrected chi connectivity index (χ4v) is 10.2. The average Bonchev–Trinajstić information content (AvgIpc) is 3.69. The number of nitrogens with zero attached hydrogens (tertiary/aromatic N) is 3. The van der Waals surface area contributed by atoms with Crippen molar-refractivity contribution in [3.05, 3.63) is 114 Å². The van der Waals surface area contributed by atoms with Crippen LogP contribution in [0.25, 0.3) is 33.3 Å². The molecule has 2 aromatic carbocycles. The van der Waals surface area contributed by atoms with Gasteiger partial charge in [-0.3, -0.25) is 0 Å². The highest BCUT2D eigenvalue weighted by molar-refractivity contribution is 6.89. The van der Waals surface area contributed by atoms with Crippen molar-refractivity contribution in [2.24, 2.45) is 10.9 Å². The first-order valence-corrected chi connectivity index (χ1v) is 20.2. The maximum absolute atomic E-state index is 6.44. The summed E-state index contributed by atoms with van der Waals surface area (Å²) in [6, 6.07) is 20.1. The molecule has 0 amide bonds. The van der Waals surface area contributed by atoms with E-state index < -0.39 is 8.07 Å². The Morgan fingerprint density at radius 2 is 1.82 bits per heavy atom. The van der Waals surface area contributed by atoms with Gasteiger partial charge in [0.25, 0.3) is 0 Å². The predicted molar refractivity (Wildman–Crippen MR) is 188 cm³/mol. The number of hydrogen-bond acceptors (Lipinski definition) is 3. The van der Waals surface area contributed by atoms with Crippen LogP contribution in [-0.2, 0) is 12.8 Å². The van der Waals surface area contributed by atoms with Crippen LogP contribution in [0.4, 0.5) is 0 Å². The van der Waals surface area contributed by atoms with Crippen LogP contribution in [0.5, 0.6) is 0 Å². The number of benzene rings is 2. The van der Waals surface area contributed by atoms with Gasteiger partial charge in [0.15, 0.2) is 6.20 Å². The number of furan rings is 1. The molecule has 3 aromatic heterocycles. The third-order valence-electron chi connectivity index (χ3n) is 10.6. The summed E-state index contributed by atoms with van der Waals surface area (Å²) in [5.41, 5.74) is 11.1. The maximum atomic E-state index is 6.44. The quantitative estimate of drug-likeness (QED) is 0.151. The standard InChI is InChI=1S/C40H42N3OSi/c1-6-34-37-27(18-20-32-33-16-11-21-41-40(33)44-39(32)37)17-19-31-29-14-9-10-15-30(29)35-23-28(22-26-12-7-8-13-26)36(45(3,4)5)24-43(35)38(31)25(2)42-34/h6,9-11,14-16,18,20-21,23-24,26,31,38H,1-2,7-8,12-13,17,19,22H2,3-5H3/q+1. The number of allylic oxidation sites excluding steroid dienone is 2. The summed E-state index contributed by atoms with van der Waals surface area (Å²) in [4.78, 5) is 9.86. The molecule has 4 nitrogen and oxygen atoms in total. The average molecular weight is 609 g/mol. The molecule has 1 aliphatic carbocycles. The van der Waals surface area contributed by atoms with Crippen LogP contribution in [0.3, 0.4) is 0 Å². The van der Waals surface area contributed by atoms with Gasteiger partial charge in [-0.1, -0.05) is 88.8 Å². The lowest BCUT2D eigenvalue weighted by Crippen LogP contribution is -2.54. The summed E-state index contributed by atoms with van der Waals surface area (Å²) in [6.07, 6.45) is 14.8. The lowest BCUT2D eigenvalue weighted by atomic mass is 9.78. The molecule has 0 radical (unpaired) electrons. The summed E-state index contributed by atoms with van der Waals surface area (Å²) < 4.78 is 8.99. The summed E-state index contributed by atoms with van der Waals surface area (Å²) in [7, 11) is -1.65. The monoisotopic (exact) mass is 608 g/mol. The Kier molecular flexibility index (Phi) is 6.79. The van der Waals surface area contributed by atoms with Gasteiger partial charge in [-0.05, 0) is 66.1 Å². The second kappa shape index (κ2) is 10.8. The van der Waals surface area contributed by atoms with E-state index in [0.29, 0.717) is 5.71 Å². The number of pyridine rings is 2. The molecule has 5 aromatic rings. The first-order valence-electron chi connectivity index (χ1n) is 16.7. The number of hydrogen-bond donors (Lipinski definition) is 0. The summed E-state index contributed by atoms with van der Waals surface area (Å²) in [6.45, 7) is 16.5. The highest BCUT2D eigenvalue weighted by atomic mass is 28.3. The molecular weight excluding hydrogens is 567 g/mol. The van der Waals surface area contributed by atoms with E-state index >= 15 is 0 Å². The topological polar surface area (TPSA) is 42.3 Å². The molecule has 3 aliphatic rings. The van der Waals surface area contributed by atoms with Crippen LogP contribution in [0.15, 0.2) is 101 Å². The van der Waals surface area contributed by atoms with Crippen LogP contribution in [-0.4, -0.2) is 18.8 Å². The van der Waals surface area contributed by atoms with Crippen molar-refractivity contribution in [3.8, 4) is 11.3 Å². The third kappa shape index (κ3) is 4.66. The van der Waals surface area contributed by atoms with Crippen LogP contribution in [0.2, 0.25) is 19.6 Å². The first-order chi connectivity index (χ1) is 21.8. The molecule has 2 atom stereocenters. The van der Waals surface area contributed by atoms with Gasteiger partial charge in [-0.2, -0.15) is 4.57 Å². The highest BCUT2D eigenvalue weighted by Crippen LogP contribution is 2.45. The minimum absolute atomic E-state index is 0.0163. The molecule has 0 bridgehead atoms. The fraction of sp³-hybridized carbons (Fsp3) is 0.325. The summed E-state index contributed by atoms with van der Waals surface area (Å²) in [5.74, 6) is 1.05. The zero-order valence-corrected chi connectivity index (χ0v) is 27.8. The molecule has 5 heteroatoms. The lowest BCUT2D eigenvalue weighted by Gasteiger charge is -2.32. The molecule has 0 N–H and O–H groups in total. The van der Waals surface area contributed by atoms with Gasteiger partial charge in [0, 0.05) is 39.3 Å². The zero-order chi connectivity index (χ0) is 30.9. The van der Waals surface area contributed by atoms with Crippen molar-refractivity contribution in [1.82, 2.24) is 4.98 Å². The van der Waals surface area contributed by atoms with E-state index in [9.17, 15) is 0 Å². The summed E-state index contributed by atoms with van der Waals surface area (Å²) >= 11 is 0. The molecule has 8 rings (SSSR count). The Bertz CT molecular complexity index is 2040. The minimum Gasteiger partial charge on any atom is -0.437 e. The first kappa shape index (κ1) is 28.4. The van der Waals surface area contributed by atoms with E-state index in [1.165, 1.54) is 54.5 Å². The number of fused-ring (bicyclic) bond motifs is 11. The van der Waals surface area contributed by atoms with Crippen molar-refractivity contribution in [2.45, 2.75) is 76.5 Å². The van der Waals surface area contributed by atoms with E-state index in [2.05, 4.69) is 90.5 Å². The fourth-order valence-electron chi connectivity index (χ4n) is 8.49. The van der Waals surface area contributed by atoms with E-state index in [1.807, 2.05) is 12.1 Å². The molecule has 5 heterocycles. The maximum Gasteiger partial charge on any atom is 0.227 e. The van der Waals surface area contributed by atoms with Crippen LogP contribution in [0.1, 0.15) is 66.3 Å². The van der Waals surface area contributed by atoms with Gasteiger partial charge in [-0.25, -0.2) is 9.98 Å². The molecule has 1 saturated carbocycles. The second-order valence-electron chi connectivity index (χ2n) is 14.4. The van der Waals surface area contributed by atoms with Crippen molar-refractivity contribution >= 4 is 41.0 Å². The molecule has 2 aliphatic heterocycles. The van der Waals surface area contributed by atoms with Gasteiger partial charge < -0.3 is 4.42 Å². The second-order valence-corrected chi connectivity index (χ2v) is 19.5. The molecule has 0 spiro atoms. The number of aliphatic imine (C=N–C) groups is 1. The Labute approximate surface area is 267 Å². The number of aryl methyl sites for hydroxylation is 1. The minimum atomic E-state index is -1.65. The molecule has 0 saturated heterocycles. The van der Waals surface area contributed by atoms with Crippen LogP contribution >= 0.6 is 0 Å². The zero-order valence-electron chi connectivity index (χ0n) is 26.8. The molecule has 45 heavy (non-hydrogen) atoms. The normalized spacial score (nSPS) is 20.1. The number of rotatable bonds is 4. The van der Waals surface area contributed by atoms with Crippen LogP contribution < -0.4 is 9.75 Å². The van der Waals surface area contributed by atoms with Crippen molar-refractivity contribution < 1.29 is 8.98 Å². The Hall–Kier alpha value is -4.09. The van der Waals surface area contributed by atoms with Gasteiger partial charge in [0.2, 0.25) is 17.4 Å².